The zero-order valence-corrected chi connectivity index (χ0v) is 17.3. The van der Waals surface area contributed by atoms with Crippen molar-refractivity contribution in [2.24, 2.45) is 15.9 Å². The monoisotopic (exact) mass is 403 g/mol. The van der Waals surface area contributed by atoms with Crippen LogP contribution in [0.1, 0.15) is 37.7 Å². The second-order valence-corrected chi connectivity index (χ2v) is 8.54. The van der Waals surface area contributed by atoms with Gasteiger partial charge >= 0.3 is 0 Å². The summed E-state index contributed by atoms with van der Waals surface area (Å²) in [7, 11) is 1.84. The number of ether oxygens (including phenoxy) is 1. The number of halogens is 1. The second-order valence-electron chi connectivity index (χ2n) is 8.11. The van der Waals surface area contributed by atoms with Gasteiger partial charge < -0.3 is 15.4 Å². The Labute approximate surface area is 172 Å². The van der Waals surface area contributed by atoms with Gasteiger partial charge in [0.25, 0.3) is 0 Å². The average molecular weight is 404 g/mol. The normalized spacial score (nSPS) is 27.0. The summed E-state index contributed by atoms with van der Waals surface area (Å²) < 4.78 is 5.71. The van der Waals surface area contributed by atoms with Gasteiger partial charge in [-0.05, 0) is 49.8 Å². The van der Waals surface area contributed by atoms with Crippen LogP contribution >= 0.6 is 11.6 Å². The van der Waals surface area contributed by atoms with Crippen LogP contribution in [0.15, 0.2) is 34.5 Å². The molecule has 1 unspecified atom stereocenters. The first kappa shape index (κ1) is 19.7. The van der Waals surface area contributed by atoms with E-state index in [0.29, 0.717) is 30.4 Å². The van der Waals surface area contributed by atoms with Crippen LogP contribution in [0, 0.1) is 0 Å². The van der Waals surface area contributed by atoms with Crippen molar-refractivity contribution < 1.29 is 4.74 Å². The first-order valence-corrected chi connectivity index (χ1v) is 10.7. The topological polar surface area (TPSA) is 66.5 Å². The largest absolute Gasteiger partial charge is 0.385 e. The van der Waals surface area contributed by atoms with Crippen LogP contribution in [-0.4, -0.2) is 66.4 Å². The molecule has 28 heavy (non-hydrogen) atoms. The summed E-state index contributed by atoms with van der Waals surface area (Å²) in [6.45, 7) is 3.17. The molecule has 1 aromatic rings. The highest BCUT2D eigenvalue weighted by atomic mass is 35.5. The third kappa shape index (κ3) is 4.50. The van der Waals surface area contributed by atoms with Crippen LogP contribution in [-0.2, 0) is 11.2 Å². The van der Waals surface area contributed by atoms with E-state index in [2.05, 4.69) is 32.1 Å². The number of likely N-dealkylation sites (tertiary alicyclic amines) is 2. The number of methoxy groups -OCH3 is 1. The lowest BCUT2D eigenvalue weighted by Crippen LogP contribution is -2.54. The minimum Gasteiger partial charge on any atom is -0.385 e. The molecule has 3 aliphatic heterocycles. The van der Waals surface area contributed by atoms with Gasteiger partial charge in [-0.1, -0.05) is 23.7 Å². The Morgan fingerprint density at radius 3 is 2.50 bits per heavy atom. The fourth-order valence-electron chi connectivity index (χ4n) is 4.81. The molecule has 7 heteroatoms. The summed E-state index contributed by atoms with van der Waals surface area (Å²) >= 11 is 6.07. The Balaban J connectivity index is 1.39. The maximum absolute atomic E-state index is 6.07. The van der Waals surface area contributed by atoms with E-state index in [1.54, 1.807) is 0 Å². The maximum atomic E-state index is 6.07. The molecule has 2 fully saturated rings. The Hall–Kier alpha value is -1.63. The summed E-state index contributed by atoms with van der Waals surface area (Å²) in [5.41, 5.74) is 7.13. The van der Waals surface area contributed by atoms with E-state index in [1.165, 1.54) is 5.56 Å². The van der Waals surface area contributed by atoms with Gasteiger partial charge in [0.15, 0.2) is 0 Å². The van der Waals surface area contributed by atoms with Crippen LogP contribution in [0.25, 0.3) is 0 Å². The van der Waals surface area contributed by atoms with Crippen LogP contribution in [0.5, 0.6) is 0 Å². The van der Waals surface area contributed by atoms with Gasteiger partial charge in [0.1, 0.15) is 11.7 Å². The first-order chi connectivity index (χ1) is 13.6. The molecule has 2 saturated heterocycles. The molecular weight excluding hydrogens is 374 g/mol. The third-order valence-corrected chi connectivity index (χ3v) is 6.61. The Morgan fingerprint density at radius 1 is 1.11 bits per heavy atom. The van der Waals surface area contributed by atoms with Crippen LogP contribution < -0.4 is 5.73 Å². The number of hydrogen-bond acceptors (Lipinski definition) is 6. The summed E-state index contributed by atoms with van der Waals surface area (Å²) in [6.07, 6.45) is 6.64. The molecule has 0 saturated carbocycles. The molecule has 1 aromatic carbocycles. The van der Waals surface area contributed by atoms with Crippen LogP contribution in [0.4, 0.5) is 0 Å². The van der Waals surface area contributed by atoms with E-state index < -0.39 is 0 Å². The van der Waals surface area contributed by atoms with E-state index in [1.807, 2.05) is 19.2 Å². The van der Waals surface area contributed by atoms with Gasteiger partial charge in [0.05, 0.1) is 12.5 Å². The van der Waals surface area contributed by atoms with Crippen molar-refractivity contribution in [3.8, 4) is 0 Å². The molecule has 0 spiro atoms. The lowest BCUT2D eigenvalue weighted by molar-refractivity contribution is -0.0159. The van der Waals surface area contributed by atoms with Gasteiger partial charge in [-0.25, -0.2) is 0 Å². The summed E-state index contributed by atoms with van der Waals surface area (Å²) in [5.74, 6) is 1.66. The molecule has 152 valence electrons. The quantitative estimate of drug-likeness (QED) is 0.839. The number of nitrogens with two attached hydrogens (primary N) is 1. The van der Waals surface area contributed by atoms with Crippen molar-refractivity contribution in [1.29, 1.82) is 0 Å². The van der Waals surface area contributed by atoms with Gasteiger partial charge in [-0.15, -0.1) is 10.2 Å². The summed E-state index contributed by atoms with van der Waals surface area (Å²) in [6, 6.07) is 9.43. The van der Waals surface area contributed by atoms with Crippen molar-refractivity contribution in [2.45, 2.75) is 56.7 Å². The van der Waals surface area contributed by atoms with E-state index >= 15 is 0 Å². The van der Waals surface area contributed by atoms with Crippen molar-refractivity contribution in [2.75, 3.05) is 26.7 Å². The van der Waals surface area contributed by atoms with E-state index in [9.17, 15) is 0 Å². The van der Waals surface area contributed by atoms with Crippen molar-refractivity contribution in [3.63, 3.8) is 0 Å². The third-order valence-electron chi connectivity index (χ3n) is 6.36. The molecule has 0 aliphatic carbocycles. The fraction of sp³-hybridized carbons (Fsp3) is 0.619. The molecule has 6 nitrogen and oxygen atoms in total. The van der Waals surface area contributed by atoms with Gasteiger partial charge in [-0.3, -0.25) is 4.90 Å². The minimum absolute atomic E-state index is 0.363. The highest BCUT2D eigenvalue weighted by Gasteiger charge is 2.35. The molecule has 0 amide bonds. The summed E-state index contributed by atoms with van der Waals surface area (Å²) in [5, 5.41) is 9.03. The molecule has 2 atom stereocenters. The van der Waals surface area contributed by atoms with Gasteiger partial charge in [0.2, 0.25) is 0 Å². The highest BCUT2D eigenvalue weighted by molar-refractivity contribution is 6.30. The Bertz CT molecular complexity index is 727. The molecule has 2 N–H and O–H groups in total. The number of piperidine rings is 2. The van der Waals surface area contributed by atoms with Gasteiger partial charge in [-0.2, -0.15) is 0 Å². The first-order valence-electron chi connectivity index (χ1n) is 10.3. The SMILES string of the molecule is CO[C@H]1CCN(C2CCN(C3=NN=C(N)C3)CC2)C(Cc2ccc(Cl)cc2)C1. The van der Waals surface area contributed by atoms with Crippen LogP contribution in [0.2, 0.25) is 5.02 Å². The standard InChI is InChI=1S/C21H30ClN5O/c1-28-19-8-11-27(18(13-19)12-15-2-4-16(22)5-3-15)17-6-9-26(10-7-17)21-14-20(23)24-25-21/h2-5,17-19H,6-14H2,1H3,(H2,23,24)/t18?,19-/m0/s1. The van der Waals surface area contributed by atoms with Gasteiger partial charge in [0, 0.05) is 43.9 Å². The minimum atomic E-state index is 0.363. The number of rotatable bonds is 4. The predicted octanol–water partition coefficient (Wildman–Crippen LogP) is 2.90. The Morgan fingerprint density at radius 2 is 1.86 bits per heavy atom. The Kier molecular flexibility index (Phi) is 6.19. The highest BCUT2D eigenvalue weighted by Crippen LogP contribution is 2.29. The van der Waals surface area contributed by atoms with E-state index in [0.717, 1.165) is 62.6 Å². The zero-order valence-electron chi connectivity index (χ0n) is 16.6. The number of nitrogens with zero attached hydrogens (tertiary/aromatic N) is 4. The molecule has 0 radical (unpaired) electrons. The molecular formula is C21H30ClN5O. The zero-order chi connectivity index (χ0) is 19.5. The molecule has 3 heterocycles. The van der Waals surface area contributed by atoms with E-state index in [-0.39, 0.29) is 0 Å². The summed E-state index contributed by atoms with van der Waals surface area (Å²) in [4.78, 5) is 5.10. The smallest absolute Gasteiger partial charge is 0.135 e. The fourth-order valence-corrected chi connectivity index (χ4v) is 4.93. The van der Waals surface area contributed by atoms with Crippen molar-refractivity contribution in [3.05, 3.63) is 34.9 Å². The number of hydrogen-bond donors (Lipinski definition) is 1. The maximum Gasteiger partial charge on any atom is 0.135 e. The number of amidine groups is 2. The molecule has 0 bridgehead atoms. The van der Waals surface area contributed by atoms with Crippen molar-refractivity contribution in [1.82, 2.24) is 9.80 Å². The van der Waals surface area contributed by atoms with Crippen LogP contribution in [0.3, 0.4) is 0 Å². The molecule has 4 rings (SSSR count). The van der Waals surface area contributed by atoms with E-state index in [4.69, 9.17) is 22.1 Å². The molecule has 3 aliphatic rings. The predicted molar refractivity (Wildman–Crippen MR) is 114 cm³/mol. The lowest BCUT2D eigenvalue weighted by Gasteiger charge is -2.46. The number of benzene rings is 1. The lowest BCUT2D eigenvalue weighted by atomic mass is 9.90. The van der Waals surface area contributed by atoms with Crippen molar-refractivity contribution >= 4 is 23.3 Å². The second kappa shape index (κ2) is 8.80. The molecule has 0 aromatic heterocycles. The average Bonchev–Trinajstić information content (AvgIpc) is 3.16.